The van der Waals surface area contributed by atoms with Crippen LogP contribution < -0.4 is 16.6 Å². The number of aromatic nitrogens is 3. The number of nitrogens with zero attached hydrogens (tertiary/aromatic N) is 3. The number of sulfone groups is 1. The monoisotopic (exact) mass is 332 g/mol. The first kappa shape index (κ1) is 16.3. The molecular formula is C10H16N6O5S. The van der Waals surface area contributed by atoms with Gasteiger partial charge in [-0.3, -0.25) is 25.0 Å². The van der Waals surface area contributed by atoms with Crippen molar-refractivity contribution in [1.82, 2.24) is 25.7 Å². The van der Waals surface area contributed by atoms with Gasteiger partial charge in [0.25, 0.3) is 0 Å². The molecular weight excluding hydrogens is 316 g/mol. The summed E-state index contributed by atoms with van der Waals surface area (Å²) in [6.07, 6.45) is 2.31. The van der Waals surface area contributed by atoms with E-state index >= 15 is 0 Å². The lowest BCUT2D eigenvalue weighted by Gasteiger charge is -2.26. The summed E-state index contributed by atoms with van der Waals surface area (Å²) in [5.41, 5.74) is 1.83. The summed E-state index contributed by atoms with van der Waals surface area (Å²) in [7, 11) is -4.00. The molecule has 0 spiro atoms. The molecule has 11 nitrogen and oxygen atoms in total. The summed E-state index contributed by atoms with van der Waals surface area (Å²) in [4.78, 5) is 22.8. The second kappa shape index (κ2) is 5.62. The van der Waals surface area contributed by atoms with Crippen molar-refractivity contribution in [2.45, 2.75) is 36.1 Å². The van der Waals surface area contributed by atoms with Crippen LogP contribution in [0.2, 0.25) is 0 Å². The number of nitrogens with one attached hydrogen (secondary N) is 2. The van der Waals surface area contributed by atoms with Crippen LogP contribution in [0.1, 0.15) is 13.3 Å². The normalized spacial score (nSPS) is 30.1. The van der Waals surface area contributed by atoms with Gasteiger partial charge in [-0.2, -0.15) is 0 Å². The van der Waals surface area contributed by atoms with Crippen molar-refractivity contribution >= 4 is 21.7 Å². The molecule has 1 saturated heterocycles. The molecule has 1 aromatic heterocycles. The van der Waals surface area contributed by atoms with Crippen molar-refractivity contribution in [3.05, 3.63) is 12.4 Å². The van der Waals surface area contributed by atoms with E-state index in [1.807, 2.05) is 5.43 Å². The zero-order chi connectivity index (χ0) is 16.5. The lowest BCUT2D eigenvalue weighted by atomic mass is 10.0. The van der Waals surface area contributed by atoms with Gasteiger partial charge in [-0.15, -0.1) is 5.10 Å². The molecule has 2 heterocycles. The maximum atomic E-state index is 12.7. The topological polar surface area (TPSA) is 169 Å². The van der Waals surface area contributed by atoms with Crippen LogP contribution in [0.5, 0.6) is 0 Å². The fourth-order valence-corrected chi connectivity index (χ4v) is 4.64. The Morgan fingerprint density at radius 2 is 2.23 bits per heavy atom. The Kier molecular flexibility index (Phi) is 4.17. The summed E-state index contributed by atoms with van der Waals surface area (Å²) in [6, 6.07) is -1.39. The Labute approximate surface area is 125 Å². The first-order valence-corrected chi connectivity index (χ1v) is 7.83. The van der Waals surface area contributed by atoms with E-state index in [1.54, 1.807) is 0 Å². The number of amides is 1. The number of carboxylic acids is 1. The van der Waals surface area contributed by atoms with E-state index in [9.17, 15) is 23.1 Å². The molecule has 1 fully saturated rings. The van der Waals surface area contributed by atoms with Gasteiger partial charge in [0.15, 0.2) is 9.84 Å². The van der Waals surface area contributed by atoms with E-state index < -0.39 is 44.3 Å². The third-order valence-electron chi connectivity index (χ3n) is 3.71. The lowest BCUT2D eigenvalue weighted by molar-refractivity contribution is -0.140. The van der Waals surface area contributed by atoms with Crippen molar-refractivity contribution in [2.24, 2.45) is 5.84 Å². The molecule has 0 bridgehead atoms. The van der Waals surface area contributed by atoms with Crippen LogP contribution in [0.15, 0.2) is 12.4 Å². The average Bonchev–Trinajstić information content (AvgIpc) is 2.99. The SMILES string of the molecule is C[C@]1(Cn2ccnn2)[C@H](C(=O)O)N[C@@H](CC(=O)NN)S1(=O)=O. The number of rotatable bonds is 5. The number of carbonyl (C=O) groups excluding carboxylic acids is 1. The largest absolute Gasteiger partial charge is 0.480 e. The number of carbonyl (C=O) groups is 2. The molecule has 12 heteroatoms. The molecule has 0 saturated carbocycles. The zero-order valence-electron chi connectivity index (χ0n) is 11.6. The molecule has 122 valence electrons. The fourth-order valence-electron chi connectivity index (χ4n) is 2.49. The molecule has 22 heavy (non-hydrogen) atoms. The molecule has 1 aliphatic rings. The predicted molar refractivity (Wildman–Crippen MR) is 72.6 cm³/mol. The van der Waals surface area contributed by atoms with Gasteiger partial charge < -0.3 is 5.11 Å². The summed E-state index contributed by atoms with van der Waals surface area (Å²) < 4.78 is 24.9. The minimum Gasteiger partial charge on any atom is -0.480 e. The summed E-state index contributed by atoms with van der Waals surface area (Å²) in [5, 5.41) is 17.7. The Morgan fingerprint density at radius 1 is 1.55 bits per heavy atom. The van der Waals surface area contributed by atoms with Crippen LogP contribution in [0, 0.1) is 0 Å². The standard InChI is InChI=1S/C10H16N6O5S/c1-10(5-16-3-2-12-15-16)8(9(18)19)13-7(22(10,20)21)4-6(17)14-11/h2-3,7-8,13H,4-5,11H2,1H3,(H,14,17)(H,18,19)/t7-,8+,10+/m1/s1. The smallest absolute Gasteiger partial charge is 0.322 e. The predicted octanol–water partition coefficient (Wildman–Crippen LogP) is -2.79. The molecule has 0 aromatic carbocycles. The van der Waals surface area contributed by atoms with Crippen LogP contribution in [0.25, 0.3) is 0 Å². The highest BCUT2D eigenvalue weighted by Gasteiger charge is 2.60. The first-order valence-electron chi connectivity index (χ1n) is 6.28. The molecule has 3 atom stereocenters. The quantitative estimate of drug-likeness (QED) is 0.253. The summed E-state index contributed by atoms with van der Waals surface area (Å²) in [5.74, 6) is 2.91. The first-order chi connectivity index (χ1) is 10.2. The van der Waals surface area contributed by atoms with Gasteiger partial charge in [0.05, 0.1) is 19.2 Å². The second-order valence-corrected chi connectivity index (χ2v) is 7.75. The molecule has 0 unspecified atom stereocenters. The third kappa shape index (κ3) is 2.55. The molecule has 1 amide bonds. The maximum Gasteiger partial charge on any atom is 0.322 e. The molecule has 1 aliphatic heterocycles. The molecule has 0 radical (unpaired) electrons. The van der Waals surface area contributed by atoms with E-state index in [1.165, 1.54) is 24.0 Å². The molecule has 0 aliphatic carbocycles. The molecule has 2 rings (SSSR count). The van der Waals surface area contributed by atoms with E-state index in [-0.39, 0.29) is 6.54 Å². The fraction of sp³-hybridized carbons (Fsp3) is 0.600. The Bertz CT molecular complexity index is 674. The Hall–Kier alpha value is -2.05. The van der Waals surface area contributed by atoms with Crippen molar-refractivity contribution in [3.63, 3.8) is 0 Å². The van der Waals surface area contributed by atoms with Gasteiger partial charge in [0.2, 0.25) is 5.91 Å². The van der Waals surface area contributed by atoms with E-state index in [0.717, 1.165) is 0 Å². The number of hydrogen-bond donors (Lipinski definition) is 4. The van der Waals surface area contributed by atoms with Crippen molar-refractivity contribution in [1.29, 1.82) is 0 Å². The molecule has 1 aromatic rings. The van der Waals surface area contributed by atoms with Crippen molar-refractivity contribution in [3.8, 4) is 0 Å². The van der Waals surface area contributed by atoms with Gasteiger partial charge in [0, 0.05) is 6.20 Å². The number of nitrogens with two attached hydrogens (primary N) is 1. The van der Waals surface area contributed by atoms with Gasteiger partial charge in [-0.1, -0.05) is 5.21 Å². The van der Waals surface area contributed by atoms with Crippen LogP contribution in [0.3, 0.4) is 0 Å². The number of hydrogen-bond acceptors (Lipinski definition) is 8. The second-order valence-electron chi connectivity index (χ2n) is 5.16. The van der Waals surface area contributed by atoms with Gasteiger partial charge in [0.1, 0.15) is 16.2 Å². The van der Waals surface area contributed by atoms with E-state index in [0.29, 0.717) is 0 Å². The lowest BCUT2D eigenvalue weighted by Crippen LogP contribution is -2.51. The summed E-state index contributed by atoms with van der Waals surface area (Å²) in [6.45, 7) is 1.09. The van der Waals surface area contributed by atoms with Gasteiger partial charge >= 0.3 is 5.97 Å². The number of hydrazine groups is 1. The molecule has 5 N–H and O–H groups in total. The van der Waals surface area contributed by atoms with Crippen LogP contribution in [-0.2, 0) is 26.0 Å². The zero-order valence-corrected chi connectivity index (χ0v) is 12.4. The van der Waals surface area contributed by atoms with Crippen molar-refractivity contribution < 1.29 is 23.1 Å². The van der Waals surface area contributed by atoms with E-state index in [4.69, 9.17) is 5.84 Å². The Morgan fingerprint density at radius 3 is 2.73 bits per heavy atom. The highest BCUT2D eigenvalue weighted by molar-refractivity contribution is 7.93. The highest BCUT2D eigenvalue weighted by atomic mass is 32.2. The Balaban J connectivity index is 2.39. The maximum absolute atomic E-state index is 12.7. The van der Waals surface area contributed by atoms with Crippen LogP contribution in [0.4, 0.5) is 0 Å². The van der Waals surface area contributed by atoms with E-state index in [2.05, 4.69) is 15.6 Å². The average molecular weight is 332 g/mol. The minimum atomic E-state index is -4.00. The highest BCUT2D eigenvalue weighted by Crippen LogP contribution is 2.35. The number of carboxylic acid groups (broad SMARTS) is 1. The van der Waals surface area contributed by atoms with Crippen LogP contribution in [-0.4, -0.2) is 56.6 Å². The summed E-state index contributed by atoms with van der Waals surface area (Å²) >= 11 is 0. The van der Waals surface area contributed by atoms with Crippen LogP contribution >= 0.6 is 0 Å². The number of aliphatic carboxylic acids is 1. The van der Waals surface area contributed by atoms with Gasteiger partial charge in [-0.05, 0) is 6.92 Å². The third-order valence-corrected chi connectivity index (χ3v) is 6.43. The minimum absolute atomic E-state index is 0.208. The van der Waals surface area contributed by atoms with Crippen molar-refractivity contribution in [2.75, 3.05) is 0 Å². The van der Waals surface area contributed by atoms with Gasteiger partial charge in [-0.25, -0.2) is 14.3 Å².